The number of halogens is 1. The Morgan fingerprint density at radius 3 is 2.25 bits per heavy atom. The second-order valence-corrected chi connectivity index (χ2v) is 6.24. The number of pyridine rings is 2. The van der Waals surface area contributed by atoms with Crippen molar-refractivity contribution in [1.82, 2.24) is 9.97 Å². The van der Waals surface area contributed by atoms with Gasteiger partial charge in [0, 0.05) is 18.0 Å². The van der Waals surface area contributed by atoms with Crippen LogP contribution in [-0.4, -0.2) is 9.97 Å². The lowest BCUT2D eigenvalue weighted by Crippen LogP contribution is -2.42. The summed E-state index contributed by atoms with van der Waals surface area (Å²) in [5, 5.41) is 3.61. The maximum absolute atomic E-state index is 13.2. The predicted octanol–water partition coefficient (Wildman–Crippen LogP) is 4.77. The summed E-state index contributed by atoms with van der Waals surface area (Å²) >= 11 is 0. The van der Waals surface area contributed by atoms with E-state index in [1.807, 2.05) is 42.6 Å². The van der Waals surface area contributed by atoms with Crippen LogP contribution in [0, 0.1) is 5.82 Å². The molecule has 24 heavy (non-hydrogen) atoms. The first-order valence-electron chi connectivity index (χ1n) is 8.16. The highest BCUT2D eigenvalue weighted by molar-refractivity contribution is 5.61. The molecule has 4 rings (SSSR count). The maximum atomic E-state index is 13.2. The van der Waals surface area contributed by atoms with Crippen LogP contribution in [0.2, 0.25) is 0 Å². The smallest absolute Gasteiger partial charge is 0.123 e. The highest BCUT2D eigenvalue weighted by Crippen LogP contribution is 2.44. The van der Waals surface area contributed by atoms with Gasteiger partial charge in [0.1, 0.15) is 5.82 Å². The van der Waals surface area contributed by atoms with E-state index in [0.717, 1.165) is 35.3 Å². The monoisotopic (exact) mass is 319 g/mol. The summed E-state index contributed by atoms with van der Waals surface area (Å²) in [5.41, 5.74) is 3.99. The lowest BCUT2D eigenvalue weighted by Gasteiger charge is -2.44. The van der Waals surface area contributed by atoms with Crippen LogP contribution in [0.3, 0.4) is 0 Å². The Bertz CT molecular complexity index is 810. The van der Waals surface area contributed by atoms with Crippen LogP contribution in [0.5, 0.6) is 0 Å². The Hall–Kier alpha value is -2.75. The Kier molecular flexibility index (Phi) is 3.73. The van der Waals surface area contributed by atoms with Gasteiger partial charge in [0.05, 0.1) is 23.1 Å². The van der Waals surface area contributed by atoms with Crippen molar-refractivity contribution in [1.29, 1.82) is 0 Å². The number of nitrogens with one attached hydrogen (secondary N) is 1. The highest BCUT2D eigenvalue weighted by atomic mass is 19.1. The van der Waals surface area contributed by atoms with Crippen molar-refractivity contribution in [3.05, 3.63) is 78.5 Å². The van der Waals surface area contributed by atoms with Crippen LogP contribution in [0.25, 0.3) is 11.3 Å². The molecule has 1 saturated carbocycles. The minimum absolute atomic E-state index is 0.104. The molecule has 2 heterocycles. The molecule has 1 aromatic carbocycles. The number of hydrogen-bond acceptors (Lipinski definition) is 3. The van der Waals surface area contributed by atoms with Crippen LogP contribution >= 0.6 is 0 Å². The Morgan fingerprint density at radius 1 is 0.917 bits per heavy atom. The SMILES string of the molecule is Fc1ccc(C2(Nc3ccc(-c4ccncc4)nc3)CCC2)cc1. The number of hydrogen-bond donors (Lipinski definition) is 1. The average Bonchev–Trinajstić information content (AvgIpc) is 2.60. The first-order valence-corrected chi connectivity index (χ1v) is 8.16. The van der Waals surface area contributed by atoms with E-state index in [-0.39, 0.29) is 11.4 Å². The van der Waals surface area contributed by atoms with Crippen LogP contribution in [0.1, 0.15) is 24.8 Å². The van der Waals surface area contributed by atoms with Crippen LogP contribution < -0.4 is 5.32 Å². The molecule has 1 aliphatic rings. The third kappa shape index (κ3) is 2.75. The third-order valence-corrected chi connectivity index (χ3v) is 4.73. The van der Waals surface area contributed by atoms with Gasteiger partial charge in [0.25, 0.3) is 0 Å². The van der Waals surface area contributed by atoms with Gasteiger partial charge in [-0.3, -0.25) is 9.97 Å². The van der Waals surface area contributed by atoms with Gasteiger partial charge < -0.3 is 5.32 Å². The number of rotatable bonds is 4. The molecule has 0 spiro atoms. The van der Waals surface area contributed by atoms with E-state index in [0.29, 0.717) is 0 Å². The van der Waals surface area contributed by atoms with Crippen molar-refractivity contribution in [2.75, 3.05) is 5.32 Å². The molecule has 0 aliphatic heterocycles. The van der Waals surface area contributed by atoms with Crippen molar-refractivity contribution in [2.24, 2.45) is 0 Å². The minimum atomic E-state index is -0.198. The molecule has 3 nitrogen and oxygen atoms in total. The zero-order valence-electron chi connectivity index (χ0n) is 13.2. The van der Waals surface area contributed by atoms with E-state index >= 15 is 0 Å². The summed E-state index contributed by atoms with van der Waals surface area (Å²) in [5.74, 6) is -0.198. The maximum Gasteiger partial charge on any atom is 0.123 e. The molecule has 0 amide bonds. The summed E-state index contributed by atoms with van der Waals surface area (Å²) in [4.78, 5) is 8.58. The fourth-order valence-corrected chi connectivity index (χ4v) is 3.22. The summed E-state index contributed by atoms with van der Waals surface area (Å²) in [6.45, 7) is 0. The second-order valence-electron chi connectivity index (χ2n) is 6.24. The van der Waals surface area contributed by atoms with Gasteiger partial charge in [-0.05, 0) is 61.2 Å². The standard InChI is InChI=1S/C20H18FN3/c21-17-4-2-16(3-5-17)20(10-1-11-20)24-18-6-7-19(23-14-18)15-8-12-22-13-9-15/h2-9,12-14,24H,1,10-11H2. The van der Waals surface area contributed by atoms with Gasteiger partial charge in [-0.25, -0.2) is 4.39 Å². The number of nitrogens with zero attached hydrogens (tertiary/aromatic N) is 2. The molecule has 0 atom stereocenters. The van der Waals surface area contributed by atoms with E-state index in [1.165, 1.54) is 18.6 Å². The van der Waals surface area contributed by atoms with Gasteiger partial charge in [0.15, 0.2) is 0 Å². The molecule has 0 bridgehead atoms. The molecule has 120 valence electrons. The molecule has 2 aromatic heterocycles. The molecule has 1 fully saturated rings. The van der Waals surface area contributed by atoms with Gasteiger partial charge in [-0.1, -0.05) is 12.1 Å². The average molecular weight is 319 g/mol. The molecule has 1 aliphatic carbocycles. The van der Waals surface area contributed by atoms with Crippen LogP contribution in [0.4, 0.5) is 10.1 Å². The highest BCUT2D eigenvalue weighted by Gasteiger charge is 2.38. The van der Waals surface area contributed by atoms with Crippen molar-refractivity contribution >= 4 is 5.69 Å². The van der Waals surface area contributed by atoms with E-state index in [4.69, 9.17) is 0 Å². The number of aromatic nitrogens is 2. The van der Waals surface area contributed by atoms with Gasteiger partial charge in [0.2, 0.25) is 0 Å². The molecule has 0 saturated heterocycles. The molecular weight excluding hydrogens is 301 g/mol. The summed E-state index contributed by atoms with van der Waals surface area (Å²) in [6.07, 6.45) is 8.66. The largest absolute Gasteiger partial charge is 0.374 e. The molecular formula is C20H18FN3. The third-order valence-electron chi connectivity index (χ3n) is 4.73. The minimum Gasteiger partial charge on any atom is -0.374 e. The van der Waals surface area contributed by atoms with E-state index in [9.17, 15) is 4.39 Å². The predicted molar refractivity (Wildman–Crippen MR) is 93.0 cm³/mol. The molecule has 0 radical (unpaired) electrons. The molecule has 1 N–H and O–H groups in total. The number of anilines is 1. The summed E-state index contributed by atoms with van der Waals surface area (Å²) in [7, 11) is 0. The van der Waals surface area contributed by atoms with Gasteiger partial charge >= 0.3 is 0 Å². The van der Waals surface area contributed by atoms with Gasteiger partial charge in [-0.15, -0.1) is 0 Å². The second kappa shape index (κ2) is 6.04. The zero-order chi connectivity index (χ0) is 16.4. The fourth-order valence-electron chi connectivity index (χ4n) is 3.22. The van der Waals surface area contributed by atoms with E-state index in [1.54, 1.807) is 12.4 Å². The lowest BCUT2D eigenvalue weighted by atomic mass is 9.71. The Morgan fingerprint density at radius 2 is 1.67 bits per heavy atom. The zero-order valence-corrected chi connectivity index (χ0v) is 13.2. The molecule has 0 unspecified atom stereocenters. The molecule has 3 aromatic rings. The number of benzene rings is 1. The van der Waals surface area contributed by atoms with Crippen molar-refractivity contribution in [3.63, 3.8) is 0 Å². The lowest BCUT2D eigenvalue weighted by molar-refractivity contribution is 0.284. The van der Waals surface area contributed by atoms with Crippen LogP contribution in [0.15, 0.2) is 67.1 Å². The first kappa shape index (κ1) is 14.8. The van der Waals surface area contributed by atoms with Crippen molar-refractivity contribution < 1.29 is 4.39 Å². The molecule has 4 heteroatoms. The topological polar surface area (TPSA) is 37.8 Å². The van der Waals surface area contributed by atoms with Gasteiger partial charge in [-0.2, -0.15) is 0 Å². The van der Waals surface area contributed by atoms with Crippen molar-refractivity contribution in [2.45, 2.75) is 24.8 Å². The van der Waals surface area contributed by atoms with Crippen molar-refractivity contribution in [3.8, 4) is 11.3 Å². The van der Waals surface area contributed by atoms with E-state index < -0.39 is 0 Å². The normalized spacial score (nSPS) is 15.5. The Balaban J connectivity index is 1.57. The van der Waals surface area contributed by atoms with Crippen LogP contribution in [-0.2, 0) is 5.54 Å². The van der Waals surface area contributed by atoms with E-state index in [2.05, 4.69) is 15.3 Å². The Labute approximate surface area is 140 Å². The fraction of sp³-hybridized carbons (Fsp3) is 0.200. The summed E-state index contributed by atoms with van der Waals surface area (Å²) in [6, 6.07) is 14.8. The quantitative estimate of drug-likeness (QED) is 0.752. The first-order chi connectivity index (χ1) is 11.8. The summed E-state index contributed by atoms with van der Waals surface area (Å²) < 4.78 is 13.2.